The van der Waals surface area contributed by atoms with Crippen LogP contribution in [0.2, 0.25) is 0 Å². The summed E-state index contributed by atoms with van der Waals surface area (Å²) < 4.78 is 16.2. The third-order valence-electron chi connectivity index (χ3n) is 3.14. The zero-order valence-electron chi connectivity index (χ0n) is 13.6. The van der Waals surface area contributed by atoms with Gasteiger partial charge in [0, 0.05) is 0 Å². The van der Waals surface area contributed by atoms with Gasteiger partial charge in [-0.3, -0.25) is 4.79 Å². The van der Waals surface area contributed by atoms with Crippen LogP contribution in [0.4, 0.5) is 5.69 Å². The number of benzene rings is 2. The maximum atomic E-state index is 12.1. The summed E-state index contributed by atoms with van der Waals surface area (Å²) in [6, 6.07) is 12.8. The summed E-state index contributed by atoms with van der Waals surface area (Å²) in [6.07, 6.45) is 0. The normalized spacial score (nSPS) is 10.0. The van der Waals surface area contributed by atoms with E-state index in [4.69, 9.17) is 14.2 Å². The molecule has 2 aromatic rings. The van der Waals surface area contributed by atoms with Crippen molar-refractivity contribution in [2.45, 2.75) is 13.8 Å². The first kappa shape index (κ1) is 16.7. The van der Waals surface area contributed by atoms with Crippen LogP contribution >= 0.6 is 0 Å². The van der Waals surface area contributed by atoms with Crippen molar-refractivity contribution in [1.29, 1.82) is 0 Å². The predicted molar refractivity (Wildman–Crippen MR) is 89.5 cm³/mol. The minimum absolute atomic E-state index is 0.111. The van der Waals surface area contributed by atoms with E-state index in [1.54, 1.807) is 19.2 Å². The first-order valence-corrected chi connectivity index (χ1v) is 7.43. The number of aryl methyl sites for hydroxylation is 1. The van der Waals surface area contributed by atoms with Crippen molar-refractivity contribution >= 4 is 11.6 Å². The highest BCUT2D eigenvalue weighted by atomic mass is 16.5. The van der Waals surface area contributed by atoms with Gasteiger partial charge in [-0.15, -0.1) is 0 Å². The van der Waals surface area contributed by atoms with Gasteiger partial charge in [0.25, 0.3) is 5.91 Å². The molecular weight excluding hydrogens is 294 g/mol. The van der Waals surface area contributed by atoms with Gasteiger partial charge >= 0.3 is 0 Å². The Hall–Kier alpha value is -2.69. The Morgan fingerprint density at radius 1 is 1.04 bits per heavy atom. The van der Waals surface area contributed by atoms with Crippen LogP contribution in [0, 0.1) is 6.92 Å². The number of methoxy groups -OCH3 is 1. The molecule has 0 saturated heterocycles. The Morgan fingerprint density at radius 3 is 2.48 bits per heavy atom. The Bertz CT molecular complexity index is 670. The summed E-state index contributed by atoms with van der Waals surface area (Å²) in [5, 5.41) is 2.80. The standard InChI is InChI=1S/C18H21NO4/c1-4-22-17-11-13(2)9-10-14(17)19-18(20)12-23-16-8-6-5-7-15(16)21-3/h5-11H,4,12H2,1-3H3,(H,19,20). The number of anilines is 1. The van der Waals surface area contributed by atoms with E-state index >= 15 is 0 Å². The molecule has 5 nitrogen and oxygen atoms in total. The summed E-state index contributed by atoms with van der Waals surface area (Å²) in [6.45, 7) is 4.29. The molecule has 0 aliphatic rings. The zero-order valence-corrected chi connectivity index (χ0v) is 13.6. The third kappa shape index (κ3) is 4.64. The molecule has 0 aliphatic carbocycles. The Labute approximate surface area is 136 Å². The topological polar surface area (TPSA) is 56.8 Å². The number of hydrogen-bond donors (Lipinski definition) is 1. The lowest BCUT2D eigenvalue weighted by molar-refractivity contribution is -0.118. The number of para-hydroxylation sites is 2. The number of carbonyl (C=O) groups is 1. The molecule has 0 aromatic heterocycles. The zero-order chi connectivity index (χ0) is 16.7. The van der Waals surface area contributed by atoms with Gasteiger partial charge in [0.05, 0.1) is 19.4 Å². The maximum absolute atomic E-state index is 12.1. The number of rotatable bonds is 7. The second kappa shape index (κ2) is 8.08. The molecule has 122 valence electrons. The Kier molecular flexibility index (Phi) is 5.86. The van der Waals surface area contributed by atoms with E-state index in [2.05, 4.69) is 5.32 Å². The summed E-state index contributed by atoms with van der Waals surface area (Å²) in [5.41, 5.74) is 1.70. The molecule has 0 atom stereocenters. The van der Waals surface area contributed by atoms with E-state index in [9.17, 15) is 4.79 Å². The van der Waals surface area contributed by atoms with Gasteiger partial charge in [-0.05, 0) is 43.7 Å². The SMILES string of the molecule is CCOc1cc(C)ccc1NC(=O)COc1ccccc1OC. The van der Waals surface area contributed by atoms with Crippen LogP contribution in [0.25, 0.3) is 0 Å². The second-order valence-electron chi connectivity index (χ2n) is 4.92. The van der Waals surface area contributed by atoms with Gasteiger partial charge in [-0.1, -0.05) is 18.2 Å². The van der Waals surface area contributed by atoms with Crippen molar-refractivity contribution in [2.75, 3.05) is 25.6 Å². The first-order valence-electron chi connectivity index (χ1n) is 7.43. The van der Waals surface area contributed by atoms with E-state index < -0.39 is 0 Å². The molecular formula is C18H21NO4. The van der Waals surface area contributed by atoms with Crippen molar-refractivity contribution in [2.24, 2.45) is 0 Å². The number of amides is 1. The molecule has 5 heteroatoms. The molecule has 0 spiro atoms. The highest BCUT2D eigenvalue weighted by Crippen LogP contribution is 2.27. The van der Waals surface area contributed by atoms with Crippen LogP contribution in [0.5, 0.6) is 17.2 Å². The van der Waals surface area contributed by atoms with Crippen molar-refractivity contribution < 1.29 is 19.0 Å². The van der Waals surface area contributed by atoms with Crippen LogP contribution in [0.3, 0.4) is 0 Å². The predicted octanol–water partition coefficient (Wildman–Crippen LogP) is 3.42. The fourth-order valence-corrected chi connectivity index (χ4v) is 2.08. The van der Waals surface area contributed by atoms with Crippen molar-refractivity contribution in [3.05, 3.63) is 48.0 Å². The van der Waals surface area contributed by atoms with Gasteiger partial charge in [0.15, 0.2) is 18.1 Å². The highest BCUT2D eigenvalue weighted by molar-refractivity contribution is 5.93. The number of carbonyl (C=O) groups excluding carboxylic acids is 1. The van der Waals surface area contributed by atoms with E-state index in [0.29, 0.717) is 29.5 Å². The largest absolute Gasteiger partial charge is 0.493 e. The Morgan fingerprint density at radius 2 is 1.78 bits per heavy atom. The molecule has 0 radical (unpaired) electrons. The van der Waals surface area contributed by atoms with Gasteiger partial charge in [0.2, 0.25) is 0 Å². The minimum Gasteiger partial charge on any atom is -0.493 e. The molecule has 0 fully saturated rings. The van der Waals surface area contributed by atoms with Crippen molar-refractivity contribution in [1.82, 2.24) is 0 Å². The van der Waals surface area contributed by atoms with Crippen molar-refractivity contribution in [3.63, 3.8) is 0 Å². The molecule has 2 rings (SSSR count). The van der Waals surface area contributed by atoms with E-state index in [1.165, 1.54) is 0 Å². The maximum Gasteiger partial charge on any atom is 0.262 e. The van der Waals surface area contributed by atoms with Gasteiger partial charge < -0.3 is 19.5 Å². The summed E-state index contributed by atoms with van der Waals surface area (Å²) in [7, 11) is 1.56. The van der Waals surface area contributed by atoms with Crippen LogP contribution in [-0.2, 0) is 4.79 Å². The van der Waals surface area contributed by atoms with Gasteiger partial charge in [-0.2, -0.15) is 0 Å². The summed E-state index contributed by atoms with van der Waals surface area (Å²) in [4.78, 5) is 12.1. The molecule has 0 bridgehead atoms. The minimum atomic E-state index is -0.263. The molecule has 23 heavy (non-hydrogen) atoms. The highest BCUT2D eigenvalue weighted by Gasteiger charge is 2.10. The lowest BCUT2D eigenvalue weighted by atomic mass is 10.2. The first-order chi connectivity index (χ1) is 11.1. The fourth-order valence-electron chi connectivity index (χ4n) is 2.08. The fraction of sp³-hybridized carbons (Fsp3) is 0.278. The van der Waals surface area contributed by atoms with Crippen molar-refractivity contribution in [3.8, 4) is 17.2 Å². The number of nitrogens with one attached hydrogen (secondary N) is 1. The number of ether oxygens (including phenoxy) is 3. The van der Waals surface area contributed by atoms with Gasteiger partial charge in [0.1, 0.15) is 5.75 Å². The lowest BCUT2D eigenvalue weighted by Crippen LogP contribution is -2.20. The monoisotopic (exact) mass is 315 g/mol. The van der Waals surface area contributed by atoms with Crippen LogP contribution < -0.4 is 19.5 Å². The quantitative estimate of drug-likeness (QED) is 0.850. The average Bonchev–Trinajstić information content (AvgIpc) is 2.56. The average molecular weight is 315 g/mol. The van der Waals surface area contributed by atoms with E-state index in [-0.39, 0.29) is 12.5 Å². The van der Waals surface area contributed by atoms with Crippen LogP contribution in [-0.4, -0.2) is 26.2 Å². The smallest absolute Gasteiger partial charge is 0.262 e. The molecule has 0 unspecified atom stereocenters. The van der Waals surface area contributed by atoms with Crippen LogP contribution in [0.1, 0.15) is 12.5 Å². The van der Waals surface area contributed by atoms with Gasteiger partial charge in [-0.25, -0.2) is 0 Å². The molecule has 0 heterocycles. The summed E-state index contributed by atoms with van der Waals surface area (Å²) in [5.74, 6) is 1.50. The molecule has 1 amide bonds. The number of hydrogen-bond acceptors (Lipinski definition) is 4. The second-order valence-corrected chi connectivity index (χ2v) is 4.92. The summed E-state index contributed by atoms with van der Waals surface area (Å²) >= 11 is 0. The molecule has 1 N–H and O–H groups in total. The van der Waals surface area contributed by atoms with E-state index in [1.807, 2.05) is 44.2 Å². The molecule has 2 aromatic carbocycles. The lowest BCUT2D eigenvalue weighted by Gasteiger charge is -2.13. The third-order valence-corrected chi connectivity index (χ3v) is 3.14. The Balaban J connectivity index is 2.00. The van der Waals surface area contributed by atoms with E-state index in [0.717, 1.165) is 5.56 Å². The molecule has 0 aliphatic heterocycles. The molecule has 0 saturated carbocycles. The van der Waals surface area contributed by atoms with Crippen LogP contribution in [0.15, 0.2) is 42.5 Å².